The molecule has 3 heteroatoms. The zero-order valence-electron chi connectivity index (χ0n) is 11.3. The summed E-state index contributed by atoms with van der Waals surface area (Å²) in [7, 11) is 0. The highest BCUT2D eigenvalue weighted by Crippen LogP contribution is 2.37. The summed E-state index contributed by atoms with van der Waals surface area (Å²) in [6.07, 6.45) is 6.35. The summed E-state index contributed by atoms with van der Waals surface area (Å²) in [6.45, 7) is 7.09. The lowest BCUT2D eigenvalue weighted by Crippen LogP contribution is -2.65. The quantitative estimate of drug-likeness (QED) is 0.815. The molecule has 17 heavy (non-hydrogen) atoms. The second-order valence-corrected chi connectivity index (χ2v) is 5.94. The smallest absolute Gasteiger partial charge is 0.102 e. The molecule has 1 aliphatic heterocycles. The first-order chi connectivity index (χ1) is 8.22. The van der Waals surface area contributed by atoms with Crippen LogP contribution >= 0.6 is 0 Å². The Morgan fingerprint density at radius 3 is 2.71 bits per heavy atom. The van der Waals surface area contributed by atoms with Crippen molar-refractivity contribution in [3.05, 3.63) is 0 Å². The predicted molar refractivity (Wildman–Crippen MR) is 70.0 cm³/mol. The highest BCUT2D eigenvalue weighted by Gasteiger charge is 2.43. The molecule has 2 nitrogen and oxygen atoms in total. The van der Waals surface area contributed by atoms with Crippen LogP contribution in [0.25, 0.3) is 0 Å². The summed E-state index contributed by atoms with van der Waals surface area (Å²) >= 11 is 0. The van der Waals surface area contributed by atoms with E-state index < -0.39 is 0 Å². The van der Waals surface area contributed by atoms with Crippen molar-refractivity contribution in [1.82, 2.24) is 10.2 Å². The first kappa shape index (κ1) is 13.3. The standard InChI is InChI=1S/C14H27FN2/c1-3-12(2)13-10-17(9-8-15)14(11-16-13)6-4-5-7-14/h12-13,16H,3-11H2,1-2H3. The SMILES string of the molecule is CCC(C)C1CN(CCF)C2(CCCC2)CN1. The number of piperazine rings is 1. The molecule has 1 saturated heterocycles. The first-order valence-electron chi connectivity index (χ1n) is 7.26. The topological polar surface area (TPSA) is 15.3 Å². The number of halogens is 1. The Bertz CT molecular complexity index is 238. The van der Waals surface area contributed by atoms with Crippen LogP contribution in [0.1, 0.15) is 46.0 Å². The second-order valence-electron chi connectivity index (χ2n) is 5.94. The zero-order valence-corrected chi connectivity index (χ0v) is 11.3. The van der Waals surface area contributed by atoms with Crippen LogP contribution in [0.4, 0.5) is 4.39 Å². The molecular formula is C14H27FN2. The maximum Gasteiger partial charge on any atom is 0.102 e. The molecule has 0 aromatic heterocycles. The maximum absolute atomic E-state index is 12.8. The van der Waals surface area contributed by atoms with Gasteiger partial charge in [0.2, 0.25) is 0 Å². The van der Waals surface area contributed by atoms with Crippen LogP contribution in [0.15, 0.2) is 0 Å². The van der Waals surface area contributed by atoms with Crippen LogP contribution in [0.5, 0.6) is 0 Å². The Labute approximate surface area is 105 Å². The van der Waals surface area contributed by atoms with Gasteiger partial charge in [-0.25, -0.2) is 4.39 Å². The van der Waals surface area contributed by atoms with Crippen molar-refractivity contribution in [3.63, 3.8) is 0 Å². The lowest BCUT2D eigenvalue weighted by Gasteiger charge is -2.49. The molecule has 2 rings (SSSR count). The van der Waals surface area contributed by atoms with Crippen molar-refractivity contribution in [2.24, 2.45) is 5.92 Å². The van der Waals surface area contributed by atoms with E-state index in [1.54, 1.807) is 0 Å². The van der Waals surface area contributed by atoms with E-state index in [0.717, 1.165) is 13.1 Å². The highest BCUT2D eigenvalue weighted by molar-refractivity contribution is 5.02. The van der Waals surface area contributed by atoms with Gasteiger partial charge in [-0.05, 0) is 18.8 Å². The minimum Gasteiger partial charge on any atom is -0.311 e. The normalized spacial score (nSPS) is 30.9. The van der Waals surface area contributed by atoms with E-state index in [2.05, 4.69) is 24.1 Å². The van der Waals surface area contributed by atoms with Gasteiger partial charge in [0.05, 0.1) is 0 Å². The summed E-state index contributed by atoms with van der Waals surface area (Å²) in [4.78, 5) is 2.45. The van der Waals surface area contributed by atoms with Gasteiger partial charge in [-0.3, -0.25) is 4.90 Å². The molecule has 0 aromatic rings. The average molecular weight is 242 g/mol. The molecule has 0 radical (unpaired) electrons. The molecule has 2 unspecified atom stereocenters. The number of nitrogens with one attached hydrogen (secondary N) is 1. The van der Waals surface area contributed by atoms with Crippen molar-refractivity contribution < 1.29 is 4.39 Å². The van der Waals surface area contributed by atoms with Crippen molar-refractivity contribution in [2.75, 3.05) is 26.3 Å². The predicted octanol–water partition coefficient (Wildman–Crippen LogP) is 2.59. The van der Waals surface area contributed by atoms with Gasteiger partial charge in [0.15, 0.2) is 0 Å². The number of hydrogen-bond acceptors (Lipinski definition) is 2. The summed E-state index contributed by atoms with van der Waals surface area (Å²) < 4.78 is 12.8. The van der Waals surface area contributed by atoms with Crippen molar-refractivity contribution in [2.45, 2.75) is 57.5 Å². The van der Waals surface area contributed by atoms with Gasteiger partial charge in [0, 0.05) is 31.2 Å². The Hall–Kier alpha value is -0.150. The van der Waals surface area contributed by atoms with Crippen molar-refractivity contribution in [3.8, 4) is 0 Å². The number of hydrogen-bond donors (Lipinski definition) is 1. The summed E-state index contributed by atoms with van der Waals surface area (Å²) in [6, 6.07) is 0.553. The molecule has 2 fully saturated rings. The molecule has 100 valence electrons. The van der Waals surface area contributed by atoms with Crippen LogP contribution in [0, 0.1) is 5.92 Å². The van der Waals surface area contributed by atoms with E-state index in [1.807, 2.05) is 0 Å². The van der Waals surface area contributed by atoms with Crippen LogP contribution in [-0.2, 0) is 0 Å². The third kappa shape index (κ3) is 2.65. The average Bonchev–Trinajstić information content (AvgIpc) is 2.81. The van der Waals surface area contributed by atoms with Crippen LogP contribution in [0.3, 0.4) is 0 Å². The minimum absolute atomic E-state index is 0.199. The van der Waals surface area contributed by atoms with Crippen LogP contribution < -0.4 is 5.32 Å². The highest BCUT2D eigenvalue weighted by atomic mass is 19.1. The summed E-state index contributed by atoms with van der Waals surface area (Å²) in [5.41, 5.74) is 0.288. The van der Waals surface area contributed by atoms with Gasteiger partial charge in [0.25, 0.3) is 0 Å². The van der Waals surface area contributed by atoms with Gasteiger partial charge in [-0.2, -0.15) is 0 Å². The fraction of sp³-hybridized carbons (Fsp3) is 1.00. The number of alkyl halides is 1. The Morgan fingerprint density at radius 2 is 2.12 bits per heavy atom. The molecule has 0 bridgehead atoms. The van der Waals surface area contributed by atoms with Gasteiger partial charge in [0.1, 0.15) is 6.67 Å². The fourth-order valence-corrected chi connectivity index (χ4v) is 3.55. The number of nitrogens with zero attached hydrogens (tertiary/aromatic N) is 1. The van der Waals surface area contributed by atoms with Gasteiger partial charge >= 0.3 is 0 Å². The molecule has 2 atom stereocenters. The molecule has 0 aromatic carbocycles. The third-order valence-corrected chi connectivity index (χ3v) is 5.00. The van der Waals surface area contributed by atoms with Crippen LogP contribution in [-0.4, -0.2) is 42.8 Å². The van der Waals surface area contributed by atoms with E-state index in [-0.39, 0.29) is 12.2 Å². The lowest BCUT2D eigenvalue weighted by molar-refractivity contribution is 0.0264. The molecule has 1 saturated carbocycles. The van der Waals surface area contributed by atoms with Gasteiger partial charge < -0.3 is 5.32 Å². The molecule has 1 spiro atoms. The molecule has 0 amide bonds. The van der Waals surface area contributed by atoms with Gasteiger partial charge in [-0.15, -0.1) is 0 Å². The van der Waals surface area contributed by atoms with E-state index in [1.165, 1.54) is 32.1 Å². The van der Waals surface area contributed by atoms with E-state index in [9.17, 15) is 4.39 Å². The Kier molecular flexibility index (Phi) is 4.42. The summed E-state index contributed by atoms with van der Waals surface area (Å²) in [5, 5.41) is 3.73. The molecular weight excluding hydrogens is 215 g/mol. The summed E-state index contributed by atoms with van der Waals surface area (Å²) in [5.74, 6) is 0.691. The Morgan fingerprint density at radius 1 is 1.41 bits per heavy atom. The van der Waals surface area contributed by atoms with E-state index >= 15 is 0 Å². The van der Waals surface area contributed by atoms with Crippen LogP contribution in [0.2, 0.25) is 0 Å². The van der Waals surface area contributed by atoms with Gasteiger partial charge in [-0.1, -0.05) is 33.1 Å². The maximum atomic E-state index is 12.8. The van der Waals surface area contributed by atoms with E-state index in [0.29, 0.717) is 18.5 Å². The Balaban J connectivity index is 2.02. The fourth-order valence-electron chi connectivity index (χ4n) is 3.55. The monoisotopic (exact) mass is 242 g/mol. The molecule has 2 aliphatic rings. The minimum atomic E-state index is -0.199. The largest absolute Gasteiger partial charge is 0.311 e. The second kappa shape index (κ2) is 5.66. The number of rotatable bonds is 4. The van der Waals surface area contributed by atoms with Crippen molar-refractivity contribution in [1.29, 1.82) is 0 Å². The molecule has 1 N–H and O–H groups in total. The first-order valence-corrected chi connectivity index (χ1v) is 7.26. The van der Waals surface area contributed by atoms with E-state index in [4.69, 9.17) is 0 Å². The lowest BCUT2D eigenvalue weighted by atomic mass is 9.87. The third-order valence-electron chi connectivity index (χ3n) is 5.00. The molecule has 1 aliphatic carbocycles. The zero-order chi connectivity index (χ0) is 12.3. The van der Waals surface area contributed by atoms with Crippen molar-refractivity contribution >= 4 is 0 Å². The molecule has 1 heterocycles.